The van der Waals surface area contributed by atoms with E-state index in [1.54, 1.807) is 6.92 Å². The number of nitrogens with zero attached hydrogens (tertiary/aromatic N) is 2. The van der Waals surface area contributed by atoms with Crippen LogP contribution in [0.2, 0.25) is 0 Å². The average molecular weight is 299 g/mol. The molecule has 7 heteroatoms. The van der Waals surface area contributed by atoms with Gasteiger partial charge in [-0.1, -0.05) is 0 Å². The summed E-state index contributed by atoms with van der Waals surface area (Å²) in [7, 11) is 0. The van der Waals surface area contributed by atoms with E-state index in [2.05, 4.69) is 9.27 Å². The summed E-state index contributed by atoms with van der Waals surface area (Å²) < 4.78 is 9.12. The van der Waals surface area contributed by atoms with Crippen LogP contribution in [0.25, 0.3) is 0 Å². The lowest BCUT2D eigenvalue weighted by molar-refractivity contribution is 0.0481. The molecule has 20 heavy (non-hydrogen) atoms. The molecule has 6 nitrogen and oxygen atoms in total. The number of nitrogen functional groups attached to an aromatic ring is 1. The predicted octanol–water partition coefficient (Wildman–Crippen LogP) is 1.64. The van der Waals surface area contributed by atoms with Crippen molar-refractivity contribution in [1.29, 1.82) is 0 Å². The van der Waals surface area contributed by atoms with E-state index in [1.165, 1.54) is 11.5 Å². The van der Waals surface area contributed by atoms with Crippen LogP contribution in [-0.2, 0) is 4.74 Å². The van der Waals surface area contributed by atoms with Gasteiger partial charge in [-0.05, 0) is 44.6 Å². The van der Waals surface area contributed by atoms with Gasteiger partial charge in [0.25, 0.3) is 0 Å². The highest BCUT2D eigenvalue weighted by Crippen LogP contribution is 2.34. The summed E-state index contributed by atoms with van der Waals surface area (Å²) >= 11 is 1.21. The minimum absolute atomic E-state index is 0.222. The number of hydrogen-bond donors (Lipinski definition) is 2. The van der Waals surface area contributed by atoms with Crippen molar-refractivity contribution in [3.8, 4) is 0 Å². The number of hydrogen-bond acceptors (Lipinski definition) is 7. The first-order valence-corrected chi connectivity index (χ1v) is 7.61. The lowest BCUT2D eigenvalue weighted by Gasteiger charge is -2.23. The maximum atomic E-state index is 12.0. The van der Waals surface area contributed by atoms with Crippen molar-refractivity contribution >= 4 is 28.3 Å². The molecule has 0 aliphatic carbocycles. The minimum atomic E-state index is -0.644. The first-order valence-electron chi connectivity index (χ1n) is 6.84. The van der Waals surface area contributed by atoms with Crippen molar-refractivity contribution in [3.05, 3.63) is 5.56 Å². The third kappa shape index (κ3) is 3.21. The molecule has 1 unspecified atom stereocenters. The van der Waals surface area contributed by atoms with Gasteiger partial charge >= 0.3 is 5.97 Å². The number of rotatable bonds is 3. The second-order valence-electron chi connectivity index (χ2n) is 5.31. The Morgan fingerprint density at radius 2 is 2.30 bits per heavy atom. The number of carbonyl (C=O) groups excluding carboxylic acids is 1. The Bertz CT molecular complexity index is 487. The Labute approximate surface area is 122 Å². The van der Waals surface area contributed by atoms with Gasteiger partial charge in [0.15, 0.2) is 5.82 Å². The summed E-state index contributed by atoms with van der Waals surface area (Å²) in [4.78, 5) is 14.1. The van der Waals surface area contributed by atoms with Crippen LogP contribution in [0.3, 0.4) is 0 Å². The lowest BCUT2D eigenvalue weighted by atomic mass is 9.98. The van der Waals surface area contributed by atoms with E-state index in [0.29, 0.717) is 25.1 Å². The van der Waals surface area contributed by atoms with Gasteiger partial charge in [0.2, 0.25) is 0 Å². The van der Waals surface area contributed by atoms with Gasteiger partial charge in [-0.15, -0.1) is 0 Å². The van der Waals surface area contributed by atoms with Crippen molar-refractivity contribution in [2.75, 3.05) is 30.3 Å². The molecule has 2 heterocycles. The lowest BCUT2D eigenvalue weighted by Crippen LogP contribution is -2.28. The van der Waals surface area contributed by atoms with E-state index < -0.39 is 11.6 Å². The Morgan fingerprint density at radius 3 is 3.00 bits per heavy atom. The molecule has 0 amide bonds. The highest BCUT2D eigenvalue weighted by molar-refractivity contribution is 7.11. The van der Waals surface area contributed by atoms with Gasteiger partial charge in [-0.3, -0.25) is 0 Å². The smallest absolute Gasteiger partial charge is 0.345 e. The molecule has 1 atom stereocenters. The SMILES string of the molecule is CCOC(=O)c1c(N)nsc1N1CCCC(C)(O)CC1. The molecule has 0 aromatic carbocycles. The van der Waals surface area contributed by atoms with Gasteiger partial charge in [0.05, 0.1) is 12.2 Å². The second kappa shape index (κ2) is 5.97. The molecular weight excluding hydrogens is 278 g/mol. The van der Waals surface area contributed by atoms with Crippen LogP contribution in [0, 0.1) is 0 Å². The third-order valence-electron chi connectivity index (χ3n) is 3.53. The van der Waals surface area contributed by atoms with E-state index in [4.69, 9.17) is 10.5 Å². The van der Waals surface area contributed by atoms with Gasteiger partial charge in [-0.2, -0.15) is 4.37 Å². The molecular formula is C13H21N3O3S. The monoisotopic (exact) mass is 299 g/mol. The fraction of sp³-hybridized carbons (Fsp3) is 0.692. The van der Waals surface area contributed by atoms with E-state index in [1.807, 2.05) is 6.92 Å². The van der Waals surface area contributed by atoms with Gasteiger partial charge in [-0.25, -0.2) is 4.79 Å². The standard InChI is InChI=1S/C13H21N3O3S/c1-3-19-12(17)9-10(14)15-20-11(9)16-7-4-5-13(2,18)6-8-16/h18H,3-8H2,1-2H3,(H2,14,15). The van der Waals surface area contributed by atoms with E-state index in [0.717, 1.165) is 24.4 Å². The van der Waals surface area contributed by atoms with Crippen molar-refractivity contribution in [1.82, 2.24) is 4.37 Å². The Balaban J connectivity index is 2.22. The molecule has 1 aromatic rings. The molecule has 0 saturated carbocycles. The highest BCUT2D eigenvalue weighted by atomic mass is 32.1. The summed E-state index contributed by atoms with van der Waals surface area (Å²) in [5, 5.41) is 10.9. The van der Waals surface area contributed by atoms with Crippen molar-refractivity contribution in [2.45, 2.75) is 38.7 Å². The summed E-state index contributed by atoms with van der Waals surface area (Å²) in [5.74, 6) is -0.204. The van der Waals surface area contributed by atoms with Gasteiger partial charge in [0, 0.05) is 13.1 Å². The summed E-state index contributed by atoms with van der Waals surface area (Å²) in [5.41, 5.74) is 5.51. The number of aromatic nitrogens is 1. The first kappa shape index (κ1) is 15.1. The quantitative estimate of drug-likeness (QED) is 0.825. The molecule has 1 saturated heterocycles. The third-order valence-corrected chi connectivity index (χ3v) is 4.45. The molecule has 0 bridgehead atoms. The fourth-order valence-electron chi connectivity index (χ4n) is 2.37. The maximum absolute atomic E-state index is 12.0. The molecule has 2 rings (SSSR count). The van der Waals surface area contributed by atoms with Crippen LogP contribution in [0.4, 0.5) is 10.8 Å². The van der Waals surface area contributed by atoms with Crippen LogP contribution >= 0.6 is 11.5 Å². The number of anilines is 2. The zero-order chi connectivity index (χ0) is 14.8. The summed E-state index contributed by atoms with van der Waals surface area (Å²) in [6.07, 6.45) is 2.28. The van der Waals surface area contributed by atoms with E-state index in [9.17, 15) is 9.90 Å². The van der Waals surface area contributed by atoms with Crippen LogP contribution in [-0.4, -0.2) is 40.7 Å². The van der Waals surface area contributed by atoms with Crippen LogP contribution in [0.15, 0.2) is 0 Å². The topological polar surface area (TPSA) is 88.7 Å². The van der Waals surface area contributed by atoms with Gasteiger partial charge in [0.1, 0.15) is 10.6 Å². The molecule has 1 fully saturated rings. The van der Waals surface area contributed by atoms with Crippen LogP contribution in [0.5, 0.6) is 0 Å². The second-order valence-corrected chi connectivity index (χ2v) is 6.06. The molecule has 3 N–H and O–H groups in total. The van der Waals surface area contributed by atoms with Crippen LogP contribution < -0.4 is 10.6 Å². The van der Waals surface area contributed by atoms with Crippen molar-refractivity contribution in [2.24, 2.45) is 0 Å². The van der Waals surface area contributed by atoms with E-state index >= 15 is 0 Å². The summed E-state index contributed by atoms with van der Waals surface area (Å²) in [6.45, 7) is 5.38. The van der Waals surface area contributed by atoms with Gasteiger partial charge < -0.3 is 20.5 Å². The number of aliphatic hydroxyl groups is 1. The highest BCUT2D eigenvalue weighted by Gasteiger charge is 2.29. The minimum Gasteiger partial charge on any atom is -0.462 e. The van der Waals surface area contributed by atoms with Crippen LogP contribution in [0.1, 0.15) is 43.5 Å². The van der Waals surface area contributed by atoms with E-state index in [-0.39, 0.29) is 5.82 Å². The molecule has 0 spiro atoms. The molecule has 112 valence electrons. The zero-order valence-electron chi connectivity index (χ0n) is 11.9. The predicted molar refractivity (Wildman–Crippen MR) is 79.2 cm³/mol. The van der Waals surface area contributed by atoms with Crippen molar-refractivity contribution in [3.63, 3.8) is 0 Å². The number of ether oxygens (including phenoxy) is 1. The first-order chi connectivity index (χ1) is 9.44. The Morgan fingerprint density at radius 1 is 1.55 bits per heavy atom. The average Bonchev–Trinajstić information content (AvgIpc) is 2.66. The number of esters is 1. The maximum Gasteiger partial charge on any atom is 0.345 e. The summed E-state index contributed by atoms with van der Waals surface area (Å²) in [6, 6.07) is 0. The molecule has 1 aliphatic heterocycles. The molecule has 1 aromatic heterocycles. The molecule has 1 aliphatic rings. The normalized spacial score (nSPS) is 23.4. The largest absolute Gasteiger partial charge is 0.462 e. The number of nitrogens with two attached hydrogens (primary N) is 1. The Kier molecular flexibility index (Phi) is 4.49. The number of carbonyl (C=O) groups is 1. The molecule has 0 radical (unpaired) electrons. The van der Waals surface area contributed by atoms with Crippen molar-refractivity contribution < 1.29 is 14.6 Å². The Hall–Kier alpha value is -1.34. The zero-order valence-corrected chi connectivity index (χ0v) is 12.7. The fourth-order valence-corrected chi connectivity index (χ4v) is 3.22.